The van der Waals surface area contributed by atoms with Crippen molar-refractivity contribution in [1.29, 1.82) is 0 Å². The molecule has 0 amide bonds. The predicted molar refractivity (Wildman–Crippen MR) is 112 cm³/mol. The van der Waals surface area contributed by atoms with Crippen molar-refractivity contribution in [2.75, 3.05) is 13.1 Å². The van der Waals surface area contributed by atoms with E-state index in [1.165, 1.54) is 12.1 Å². The number of hydrogen-bond acceptors (Lipinski definition) is 4. The minimum Gasteiger partial charge on any atom is -0.489 e. The van der Waals surface area contributed by atoms with Gasteiger partial charge in [0.25, 0.3) is 0 Å². The number of benzene rings is 2. The molecule has 0 radical (unpaired) electrons. The van der Waals surface area contributed by atoms with E-state index in [2.05, 4.69) is 15.6 Å². The van der Waals surface area contributed by atoms with Gasteiger partial charge in [-0.15, -0.1) is 0 Å². The molecule has 0 heterocycles. The molecule has 0 aliphatic heterocycles. The second-order valence-corrected chi connectivity index (χ2v) is 8.15. The number of halogens is 1. The van der Waals surface area contributed by atoms with E-state index in [0.29, 0.717) is 30.6 Å². The summed E-state index contributed by atoms with van der Waals surface area (Å²) in [7, 11) is -3.69. The first-order valence-electron chi connectivity index (χ1n) is 8.84. The molecule has 0 bridgehead atoms. The Balaban J connectivity index is 1.91. The van der Waals surface area contributed by atoms with Gasteiger partial charge < -0.3 is 15.4 Å². The summed E-state index contributed by atoms with van der Waals surface area (Å²) in [6.07, 6.45) is -0.0842. The molecule has 0 aliphatic rings. The number of hydrogen-bond donors (Lipinski definition) is 3. The molecule has 4 N–H and O–H groups in total. The lowest BCUT2D eigenvalue weighted by atomic mass is 10.2. The maximum atomic E-state index is 11.3. The minimum atomic E-state index is -3.69. The van der Waals surface area contributed by atoms with Gasteiger partial charge in [0.15, 0.2) is 5.96 Å². The fraction of sp³-hybridized carbons (Fsp3) is 0.316. The van der Waals surface area contributed by atoms with Crippen LogP contribution in [0.4, 0.5) is 0 Å². The summed E-state index contributed by atoms with van der Waals surface area (Å²) in [5.41, 5.74) is 0.870. The summed E-state index contributed by atoms with van der Waals surface area (Å²) in [5.74, 6) is 1.39. The zero-order valence-electron chi connectivity index (χ0n) is 15.9. The van der Waals surface area contributed by atoms with E-state index in [1.54, 1.807) is 24.3 Å². The van der Waals surface area contributed by atoms with Crippen LogP contribution < -0.4 is 20.5 Å². The topological polar surface area (TPSA) is 106 Å². The van der Waals surface area contributed by atoms with Crippen molar-refractivity contribution >= 4 is 27.6 Å². The molecule has 0 saturated carbocycles. The molecule has 2 aromatic rings. The van der Waals surface area contributed by atoms with E-state index in [9.17, 15) is 8.42 Å². The molecular weight excluding hydrogens is 400 g/mol. The van der Waals surface area contributed by atoms with Crippen LogP contribution in [0.3, 0.4) is 0 Å². The van der Waals surface area contributed by atoms with Gasteiger partial charge in [-0.1, -0.05) is 23.7 Å². The molecule has 1 unspecified atom stereocenters. The first-order valence-corrected chi connectivity index (χ1v) is 10.8. The molecule has 2 aromatic carbocycles. The third-order valence-electron chi connectivity index (χ3n) is 3.72. The number of primary sulfonamides is 1. The number of rotatable bonds is 8. The first-order chi connectivity index (χ1) is 13.3. The normalized spacial score (nSPS) is 13.1. The quantitative estimate of drug-likeness (QED) is 0.446. The molecule has 0 saturated heterocycles. The maximum absolute atomic E-state index is 11.3. The summed E-state index contributed by atoms with van der Waals surface area (Å²) in [6.45, 7) is 5.59. The van der Waals surface area contributed by atoms with Crippen molar-refractivity contribution in [2.45, 2.75) is 31.4 Å². The van der Waals surface area contributed by atoms with Gasteiger partial charge in [-0.3, -0.25) is 0 Å². The van der Waals surface area contributed by atoms with Crippen molar-refractivity contribution in [2.24, 2.45) is 10.1 Å². The van der Waals surface area contributed by atoms with Crippen LogP contribution in [0.25, 0.3) is 0 Å². The summed E-state index contributed by atoms with van der Waals surface area (Å²) < 4.78 is 28.4. The number of nitrogens with zero attached hydrogens (tertiary/aromatic N) is 1. The van der Waals surface area contributed by atoms with Crippen LogP contribution in [-0.2, 0) is 16.6 Å². The minimum absolute atomic E-state index is 0.0819. The highest BCUT2D eigenvalue weighted by atomic mass is 35.5. The lowest BCUT2D eigenvalue weighted by Gasteiger charge is -2.17. The second kappa shape index (κ2) is 10.3. The largest absolute Gasteiger partial charge is 0.489 e. The van der Waals surface area contributed by atoms with Gasteiger partial charge in [0.2, 0.25) is 10.0 Å². The van der Waals surface area contributed by atoms with Crippen molar-refractivity contribution in [3.63, 3.8) is 0 Å². The Labute approximate surface area is 171 Å². The standard InChI is InChI=1S/C19H25ClN4O3S/c1-3-22-19(23-12-14(2)27-17-8-6-16(20)7-9-17)24-13-15-4-10-18(11-5-15)28(21,25)26/h4-11,14H,3,12-13H2,1-2H3,(H2,21,25,26)(H2,22,23,24). The Morgan fingerprint density at radius 1 is 1.14 bits per heavy atom. The van der Waals surface area contributed by atoms with Crippen LogP contribution in [0.1, 0.15) is 19.4 Å². The zero-order chi connectivity index (χ0) is 20.6. The van der Waals surface area contributed by atoms with Gasteiger partial charge in [-0.2, -0.15) is 0 Å². The van der Waals surface area contributed by atoms with Crippen LogP contribution in [0.15, 0.2) is 58.4 Å². The van der Waals surface area contributed by atoms with E-state index in [4.69, 9.17) is 21.5 Å². The maximum Gasteiger partial charge on any atom is 0.238 e. The Morgan fingerprint density at radius 2 is 1.79 bits per heavy atom. The third-order valence-corrected chi connectivity index (χ3v) is 4.90. The average Bonchev–Trinajstić information content (AvgIpc) is 2.65. The molecule has 28 heavy (non-hydrogen) atoms. The molecular formula is C19H25ClN4O3S. The molecule has 9 heteroatoms. The van der Waals surface area contributed by atoms with Crippen LogP contribution in [0.5, 0.6) is 5.75 Å². The summed E-state index contributed by atoms with van der Waals surface area (Å²) in [6, 6.07) is 13.5. The number of guanidine groups is 1. The van der Waals surface area contributed by atoms with Crippen LogP contribution >= 0.6 is 11.6 Å². The number of nitrogens with two attached hydrogens (primary N) is 1. The van der Waals surface area contributed by atoms with Gasteiger partial charge in [-0.05, 0) is 55.8 Å². The van der Waals surface area contributed by atoms with Gasteiger partial charge in [0.1, 0.15) is 11.9 Å². The molecule has 0 fully saturated rings. The molecule has 2 rings (SSSR count). The molecule has 0 spiro atoms. The van der Waals surface area contributed by atoms with Crippen molar-refractivity contribution < 1.29 is 13.2 Å². The lowest BCUT2D eigenvalue weighted by Crippen LogP contribution is -2.41. The van der Waals surface area contributed by atoms with Gasteiger partial charge in [-0.25, -0.2) is 18.5 Å². The van der Waals surface area contributed by atoms with E-state index < -0.39 is 10.0 Å². The average molecular weight is 425 g/mol. The van der Waals surface area contributed by atoms with Crippen molar-refractivity contribution in [3.8, 4) is 5.75 Å². The Hall–Kier alpha value is -2.29. The molecule has 1 atom stereocenters. The second-order valence-electron chi connectivity index (χ2n) is 6.15. The monoisotopic (exact) mass is 424 g/mol. The molecule has 0 aromatic heterocycles. The highest BCUT2D eigenvalue weighted by molar-refractivity contribution is 7.89. The highest BCUT2D eigenvalue weighted by Gasteiger charge is 2.08. The van der Waals surface area contributed by atoms with Gasteiger partial charge in [0, 0.05) is 11.6 Å². The Morgan fingerprint density at radius 3 is 2.36 bits per heavy atom. The lowest BCUT2D eigenvalue weighted by molar-refractivity contribution is 0.224. The smallest absolute Gasteiger partial charge is 0.238 e. The van der Waals surface area contributed by atoms with Crippen LogP contribution in [0, 0.1) is 0 Å². The fourth-order valence-electron chi connectivity index (χ4n) is 2.32. The SMILES string of the molecule is CCNC(=NCc1ccc(S(N)(=O)=O)cc1)NCC(C)Oc1ccc(Cl)cc1. The van der Waals surface area contributed by atoms with E-state index >= 15 is 0 Å². The summed E-state index contributed by atoms with van der Waals surface area (Å²) in [5, 5.41) is 12.2. The van der Waals surface area contributed by atoms with Crippen LogP contribution in [0.2, 0.25) is 5.02 Å². The van der Waals surface area contributed by atoms with Gasteiger partial charge in [0.05, 0.1) is 18.0 Å². The molecule has 0 aliphatic carbocycles. The van der Waals surface area contributed by atoms with Gasteiger partial charge >= 0.3 is 0 Å². The summed E-state index contributed by atoms with van der Waals surface area (Å²) in [4.78, 5) is 4.59. The third kappa shape index (κ3) is 7.38. The van der Waals surface area contributed by atoms with E-state index in [-0.39, 0.29) is 11.0 Å². The predicted octanol–water partition coefficient (Wildman–Crippen LogP) is 2.51. The fourth-order valence-corrected chi connectivity index (χ4v) is 2.97. The van der Waals surface area contributed by atoms with E-state index in [0.717, 1.165) is 11.3 Å². The first kappa shape index (κ1) is 22.0. The Kier molecular flexibility index (Phi) is 8.10. The highest BCUT2D eigenvalue weighted by Crippen LogP contribution is 2.16. The number of aliphatic imine (C=N–C) groups is 1. The number of ether oxygens (including phenoxy) is 1. The van der Waals surface area contributed by atoms with Crippen molar-refractivity contribution in [1.82, 2.24) is 10.6 Å². The molecule has 152 valence electrons. The number of sulfonamides is 1. The zero-order valence-corrected chi connectivity index (χ0v) is 17.4. The number of nitrogens with one attached hydrogen (secondary N) is 2. The van der Waals surface area contributed by atoms with E-state index in [1.807, 2.05) is 26.0 Å². The molecule has 7 nitrogen and oxygen atoms in total. The summed E-state index contributed by atoms with van der Waals surface area (Å²) >= 11 is 5.87. The van der Waals surface area contributed by atoms with Crippen molar-refractivity contribution in [3.05, 3.63) is 59.1 Å². The van der Waals surface area contributed by atoms with Crippen LogP contribution in [-0.4, -0.2) is 33.6 Å². The Bertz CT molecular complexity index is 884.